The van der Waals surface area contributed by atoms with Gasteiger partial charge in [0, 0.05) is 17.3 Å². The fourth-order valence-corrected chi connectivity index (χ4v) is 2.12. The molecule has 6 nitrogen and oxygen atoms in total. The third kappa shape index (κ3) is 2.73. The van der Waals surface area contributed by atoms with Gasteiger partial charge in [0.05, 0.1) is 11.7 Å². The monoisotopic (exact) mass is 260 g/mol. The lowest BCUT2D eigenvalue weighted by molar-refractivity contribution is 0.0934. The van der Waals surface area contributed by atoms with Gasteiger partial charge in [0.15, 0.2) is 0 Å². The van der Waals surface area contributed by atoms with Crippen LogP contribution in [-0.2, 0) is 0 Å². The number of hydrogen-bond acceptors (Lipinski definition) is 3. The average molecular weight is 260 g/mol. The number of carbonyl (C=O) groups is 1. The zero-order valence-corrected chi connectivity index (χ0v) is 11.1. The first-order valence-corrected chi connectivity index (χ1v) is 6.00. The lowest BCUT2D eigenvalue weighted by Crippen LogP contribution is -2.29. The fourth-order valence-electron chi connectivity index (χ4n) is 2.12. The molecule has 0 unspecified atom stereocenters. The number of aryl methyl sites for hydroxylation is 2. The second-order valence-electron chi connectivity index (χ2n) is 4.47. The summed E-state index contributed by atoms with van der Waals surface area (Å²) in [6.07, 6.45) is 0. The topological polar surface area (TPSA) is 90.6 Å². The van der Waals surface area contributed by atoms with Crippen LogP contribution in [0.5, 0.6) is 0 Å². The zero-order chi connectivity index (χ0) is 14.0. The predicted molar refractivity (Wildman–Crippen MR) is 71.0 cm³/mol. The average Bonchev–Trinajstić information content (AvgIpc) is 2.69. The predicted octanol–water partition coefficient (Wildman–Crippen LogP) is 1.21. The van der Waals surface area contributed by atoms with Gasteiger partial charge in [-0.2, -0.15) is 5.10 Å². The van der Waals surface area contributed by atoms with Crippen molar-refractivity contribution in [2.24, 2.45) is 0 Å². The Morgan fingerprint density at radius 2 is 2.11 bits per heavy atom. The Morgan fingerprint density at radius 3 is 2.68 bits per heavy atom. The van der Waals surface area contributed by atoms with Gasteiger partial charge < -0.3 is 10.3 Å². The first kappa shape index (κ1) is 13.1. The van der Waals surface area contributed by atoms with Crippen LogP contribution in [0.3, 0.4) is 0 Å². The van der Waals surface area contributed by atoms with Crippen molar-refractivity contribution in [3.63, 3.8) is 0 Å². The summed E-state index contributed by atoms with van der Waals surface area (Å²) in [6.45, 7) is 5.66. The van der Waals surface area contributed by atoms with Crippen LogP contribution in [0.1, 0.15) is 40.4 Å². The van der Waals surface area contributed by atoms with Crippen LogP contribution in [0.2, 0.25) is 0 Å². The van der Waals surface area contributed by atoms with Gasteiger partial charge in [0.1, 0.15) is 5.69 Å². The highest BCUT2D eigenvalue weighted by Crippen LogP contribution is 2.19. The molecule has 1 amide bonds. The van der Waals surface area contributed by atoms with Crippen LogP contribution in [0.4, 0.5) is 0 Å². The van der Waals surface area contributed by atoms with E-state index in [2.05, 4.69) is 20.5 Å². The van der Waals surface area contributed by atoms with E-state index >= 15 is 0 Å². The van der Waals surface area contributed by atoms with Gasteiger partial charge in [0.2, 0.25) is 5.56 Å². The molecule has 0 aliphatic carbocycles. The quantitative estimate of drug-likeness (QED) is 0.774. The molecular weight excluding hydrogens is 244 g/mol. The van der Waals surface area contributed by atoms with E-state index in [0.717, 1.165) is 17.0 Å². The Balaban J connectivity index is 2.18. The summed E-state index contributed by atoms with van der Waals surface area (Å²) in [7, 11) is 0. The molecule has 1 atom stereocenters. The number of nitrogens with zero attached hydrogens (tertiary/aromatic N) is 1. The van der Waals surface area contributed by atoms with Crippen molar-refractivity contribution in [3.05, 3.63) is 51.2 Å². The lowest BCUT2D eigenvalue weighted by Gasteiger charge is -2.14. The van der Waals surface area contributed by atoms with Crippen LogP contribution >= 0.6 is 0 Å². The van der Waals surface area contributed by atoms with E-state index in [1.807, 2.05) is 20.8 Å². The molecule has 0 bridgehead atoms. The van der Waals surface area contributed by atoms with Crippen molar-refractivity contribution in [3.8, 4) is 0 Å². The molecule has 0 fully saturated rings. The molecule has 6 heteroatoms. The van der Waals surface area contributed by atoms with E-state index in [1.54, 1.807) is 12.1 Å². The molecule has 100 valence electrons. The smallest absolute Gasteiger partial charge is 0.268 e. The summed E-state index contributed by atoms with van der Waals surface area (Å²) in [4.78, 5) is 25.7. The number of pyridine rings is 1. The van der Waals surface area contributed by atoms with Gasteiger partial charge in [0.25, 0.3) is 5.91 Å². The van der Waals surface area contributed by atoms with Crippen molar-refractivity contribution in [2.45, 2.75) is 26.8 Å². The summed E-state index contributed by atoms with van der Waals surface area (Å²) >= 11 is 0. The molecule has 2 aromatic rings. The van der Waals surface area contributed by atoms with Crippen molar-refractivity contribution in [1.29, 1.82) is 0 Å². The Hall–Kier alpha value is -2.37. The number of aromatic nitrogens is 3. The van der Waals surface area contributed by atoms with Crippen LogP contribution < -0.4 is 10.9 Å². The highest BCUT2D eigenvalue weighted by atomic mass is 16.2. The Morgan fingerprint density at radius 1 is 1.37 bits per heavy atom. The molecule has 0 spiro atoms. The van der Waals surface area contributed by atoms with Gasteiger partial charge in [-0.3, -0.25) is 14.7 Å². The number of H-pyrrole nitrogens is 2. The second-order valence-corrected chi connectivity index (χ2v) is 4.47. The minimum atomic E-state index is -0.315. The van der Waals surface area contributed by atoms with Gasteiger partial charge in [-0.1, -0.05) is 6.07 Å². The number of amides is 1. The zero-order valence-electron chi connectivity index (χ0n) is 11.1. The Labute approximate surface area is 110 Å². The summed E-state index contributed by atoms with van der Waals surface area (Å²) in [5.74, 6) is -0.315. The summed E-state index contributed by atoms with van der Waals surface area (Å²) in [5, 5.41) is 9.82. The molecule has 2 heterocycles. The number of rotatable bonds is 3. The van der Waals surface area contributed by atoms with Crippen LogP contribution in [0.25, 0.3) is 0 Å². The van der Waals surface area contributed by atoms with Crippen molar-refractivity contribution in [2.75, 3.05) is 0 Å². The van der Waals surface area contributed by atoms with E-state index < -0.39 is 0 Å². The van der Waals surface area contributed by atoms with Gasteiger partial charge in [-0.25, -0.2) is 0 Å². The molecule has 3 N–H and O–H groups in total. The van der Waals surface area contributed by atoms with Crippen LogP contribution in [0, 0.1) is 13.8 Å². The lowest BCUT2D eigenvalue weighted by atomic mass is 10.1. The van der Waals surface area contributed by atoms with Crippen LogP contribution in [0.15, 0.2) is 23.0 Å². The molecule has 0 saturated carbocycles. The molecule has 0 aliphatic heterocycles. The van der Waals surface area contributed by atoms with E-state index in [9.17, 15) is 9.59 Å². The van der Waals surface area contributed by atoms with Crippen molar-refractivity contribution >= 4 is 5.91 Å². The third-order valence-corrected chi connectivity index (χ3v) is 2.98. The van der Waals surface area contributed by atoms with Crippen LogP contribution in [-0.4, -0.2) is 21.1 Å². The number of hydrogen-bond donors (Lipinski definition) is 3. The van der Waals surface area contributed by atoms with Gasteiger partial charge in [-0.05, 0) is 26.8 Å². The molecule has 0 radical (unpaired) electrons. The number of nitrogens with one attached hydrogen (secondary N) is 3. The first-order chi connectivity index (χ1) is 8.99. The highest BCUT2D eigenvalue weighted by Gasteiger charge is 2.17. The second kappa shape index (κ2) is 5.09. The SMILES string of the molecule is Cc1n[nH]c(C)c1[C@@H](C)NC(=O)c1cccc(=O)[nH]1. The van der Waals surface area contributed by atoms with E-state index in [-0.39, 0.29) is 23.2 Å². The molecular formula is C13H16N4O2. The summed E-state index contributed by atoms with van der Waals surface area (Å²) in [5.41, 5.74) is 2.69. The van der Waals surface area contributed by atoms with Crippen molar-refractivity contribution in [1.82, 2.24) is 20.5 Å². The minimum Gasteiger partial charge on any atom is -0.344 e. The molecule has 19 heavy (non-hydrogen) atoms. The Kier molecular flexibility index (Phi) is 3.50. The fraction of sp³-hybridized carbons (Fsp3) is 0.308. The molecule has 2 aromatic heterocycles. The standard InChI is InChI=1S/C13H16N4O2/c1-7(12-8(2)16-17-9(12)3)14-13(19)10-5-4-6-11(18)15-10/h4-7H,1-3H3,(H,14,19)(H,15,18)(H,16,17)/t7-/m1/s1. The number of carbonyl (C=O) groups excluding carboxylic acids is 1. The maximum Gasteiger partial charge on any atom is 0.268 e. The summed E-state index contributed by atoms with van der Waals surface area (Å²) in [6, 6.07) is 4.30. The summed E-state index contributed by atoms with van der Waals surface area (Å²) < 4.78 is 0. The molecule has 0 aromatic carbocycles. The molecule has 0 saturated heterocycles. The van der Waals surface area contributed by atoms with E-state index in [0.29, 0.717) is 0 Å². The van der Waals surface area contributed by atoms with Crippen molar-refractivity contribution < 1.29 is 4.79 Å². The van der Waals surface area contributed by atoms with E-state index in [4.69, 9.17) is 0 Å². The largest absolute Gasteiger partial charge is 0.344 e. The highest BCUT2D eigenvalue weighted by molar-refractivity contribution is 5.92. The van der Waals surface area contributed by atoms with E-state index in [1.165, 1.54) is 6.07 Å². The maximum atomic E-state index is 12.0. The number of aromatic amines is 2. The van der Waals surface area contributed by atoms with Gasteiger partial charge >= 0.3 is 0 Å². The Bertz CT molecular complexity index is 637. The maximum absolute atomic E-state index is 12.0. The molecule has 0 aliphatic rings. The van der Waals surface area contributed by atoms with Gasteiger partial charge in [-0.15, -0.1) is 0 Å². The minimum absolute atomic E-state index is 0.185. The molecule has 2 rings (SSSR count). The normalized spacial score (nSPS) is 12.2. The first-order valence-electron chi connectivity index (χ1n) is 6.00. The third-order valence-electron chi connectivity index (χ3n) is 2.98.